The Balaban J connectivity index is 1.16. The molecule has 2 saturated carbocycles. The average molecular weight is 1010 g/mol. The van der Waals surface area contributed by atoms with E-state index in [4.69, 9.17) is 23.4 Å². The Morgan fingerprint density at radius 2 is 1.68 bits per heavy atom. The van der Waals surface area contributed by atoms with E-state index in [1.165, 1.54) is 16.7 Å². The number of ether oxygens (including phenoxy) is 4. The smallest absolute Gasteiger partial charge is 0.340 e. The minimum Gasteiger partial charge on any atom is -0.481 e. The van der Waals surface area contributed by atoms with Gasteiger partial charge in [-0.25, -0.2) is 9.59 Å². The number of hydrogen-bond donors (Lipinski definition) is 4. The van der Waals surface area contributed by atoms with E-state index in [1.54, 1.807) is 19.1 Å². The highest BCUT2D eigenvalue weighted by atomic mass is 16.6. The number of fused-ring (bicyclic) bond motifs is 9. The largest absolute Gasteiger partial charge is 0.481 e. The summed E-state index contributed by atoms with van der Waals surface area (Å²) in [5.41, 5.74) is 6.11. The molecule has 7 unspecified atom stereocenters. The van der Waals surface area contributed by atoms with Crippen LogP contribution in [0.1, 0.15) is 158 Å². The highest BCUT2D eigenvalue weighted by Gasteiger charge is 2.59. The second-order valence-corrected chi connectivity index (χ2v) is 21.3. The highest BCUT2D eigenvalue weighted by molar-refractivity contribution is 5.90. The van der Waals surface area contributed by atoms with Gasteiger partial charge in [0, 0.05) is 47.8 Å². The standard InChI is InChI=1S/C62H68O12/c1-38(34-64)48-21-18-40-19-22-49-44(30-40)14-8-9-27-62(47-16-6-3-7-17-47)59(73-60(48)68)58(56-53(74-62)25-24-51-52(35-65)55(61(69)72-57(51)56)45(26-28-63)36-70-37-66)71-54(67)33-46-32-43(20-23-50(46)49)42-15-10-13-41(31-42)29-39-11-4-2-5-12-39/h2,4-5,10-13,15,19,22,24-25,30-31,43,45-47,50,58-59,63-66H,3,6-7,14,16-18,20-21,23,26-29,32-37H2,1H3. The van der Waals surface area contributed by atoms with Crippen LogP contribution in [0.2, 0.25) is 0 Å². The third kappa shape index (κ3) is 10.3. The van der Waals surface area contributed by atoms with Crippen molar-refractivity contribution in [3.63, 3.8) is 0 Å². The molecule has 2 aliphatic carbocycles. The molecule has 4 N–H and O–H groups in total. The molecule has 388 valence electrons. The van der Waals surface area contributed by atoms with Gasteiger partial charge >= 0.3 is 17.6 Å². The number of aliphatic hydroxyl groups excluding tert-OH is 4. The molecule has 5 aliphatic rings. The maximum absolute atomic E-state index is 15.5. The van der Waals surface area contributed by atoms with Gasteiger partial charge in [-0.05, 0) is 139 Å². The molecule has 4 aromatic carbocycles. The van der Waals surface area contributed by atoms with Gasteiger partial charge in [-0.2, -0.15) is 0 Å². The highest BCUT2D eigenvalue weighted by Crippen LogP contribution is 2.55. The summed E-state index contributed by atoms with van der Waals surface area (Å²) >= 11 is 0. The molecule has 1 aromatic heterocycles. The molecule has 0 amide bonds. The van der Waals surface area contributed by atoms with Gasteiger partial charge in [-0.15, -0.1) is 0 Å². The molecule has 0 saturated heterocycles. The summed E-state index contributed by atoms with van der Waals surface area (Å²) in [7, 11) is 0. The molecule has 2 fully saturated rings. The SMILES string of the molecule is CC(CO)=C1CCc2ccc3c(c2)CC#CCC2(C4CCCCC4)Oc4ccc5c(CO)c(C(CCO)COCO)c(=O)oc5c4C(OC(=O)CC4CC(c5cccc(Cc6ccccc6)c5)CCC34)C2OC1=O. The zero-order valence-corrected chi connectivity index (χ0v) is 42.3. The van der Waals surface area contributed by atoms with Crippen molar-refractivity contribution in [2.24, 2.45) is 11.8 Å². The van der Waals surface area contributed by atoms with E-state index in [9.17, 15) is 25.2 Å². The third-order valence-corrected chi connectivity index (χ3v) is 16.9. The monoisotopic (exact) mass is 1000 g/mol. The van der Waals surface area contributed by atoms with Crippen molar-refractivity contribution < 1.29 is 53.4 Å². The van der Waals surface area contributed by atoms with Crippen molar-refractivity contribution in [1.82, 2.24) is 0 Å². The Morgan fingerprint density at radius 1 is 0.851 bits per heavy atom. The van der Waals surface area contributed by atoms with E-state index in [0.29, 0.717) is 29.4 Å². The maximum atomic E-state index is 15.5. The van der Waals surface area contributed by atoms with Crippen molar-refractivity contribution >= 4 is 22.9 Å². The second-order valence-electron chi connectivity index (χ2n) is 21.3. The van der Waals surface area contributed by atoms with Crippen LogP contribution in [-0.4, -0.2) is 70.7 Å². The van der Waals surface area contributed by atoms with E-state index < -0.39 is 54.7 Å². The Labute approximate surface area is 432 Å². The summed E-state index contributed by atoms with van der Waals surface area (Å²) in [6, 6.07) is 29.3. The van der Waals surface area contributed by atoms with Gasteiger partial charge in [-0.3, -0.25) is 4.79 Å². The molecule has 4 heterocycles. The van der Waals surface area contributed by atoms with Crippen LogP contribution >= 0.6 is 0 Å². The molecular formula is C62H68O12. The number of aryl methyl sites for hydroxylation is 1. The number of hydrogen-bond acceptors (Lipinski definition) is 12. The van der Waals surface area contributed by atoms with Crippen molar-refractivity contribution in [3.05, 3.63) is 157 Å². The molecule has 5 aromatic rings. The number of aliphatic hydroxyl groups is 4. The van der Waals surface area contributed by atoms with Gasteiger partial charge in [0.15, 0.2) is 17.8 Å². The first-order valence-electron chi connectivity index (χ1n) is 26.7. The molecule has 12 nitrogen and oxygen atoms in total. The van der Waals surface area contributed by atoms with Crippen LogP contribution in [0.4, 0.5) is 0 Å². The number of carbonyl (C=O) groups excluding carboxylic acids is 2. The van der Waals surface area contributed by atoms with Gasteiger partial charge in [0.05, 0.1) is 31.8 Å². The van der Waals surface area contributed by atoms with Crippen molar-refractivity contribution in [2.45, 2.75) is 145 Å². The van der Waals surface area contributed by atoms with Crippen molar-refractivity contribution in [3.8, 4) is 17.6 Å². The van der Waals surface area contributed by atoms with Crippen molar-refractivity contribution in [1.29, 1.82) is 0 Å². The molecule has 10 rings (SSSR count). The first-order valence-corrected chi connectivity index (χ1v) is 26.7. The molecule has 7 atom stereocenters. The Hall–Kier alpha value is -6.07. The first-order chi connectivity index (χ1) is 36.1. The summed E-state index contributed by atoms with van der Waals surface area (Å²) in [6.45, 7) is -0.307. The number of esters is 2. The van der Waals surface area contributed by atoms with E-state index >= 15 is 9.59 Å². The predicted octanol–water partition coefficient (Wildman–Crippen LogP) is 9.48. The lowest BCUT2D eigenvalue weighted by Crippen LogP contribution is -2.60. The zero-order valence-electron chi connectivity index (χ0n) is 42.3. The average Bonchev–Trinajstić information content (AvgIpc) is 3.43. The first kappa shape index (κ1) is 51.4. The summed E-state index contributed by atoms with van der Waals surface area (Å²) in [5, 5.41) is 41.7. The number of rotatable bonds is 12. The third-order valence-electron chi connectivity index (χ3n) is 16.9. The fourth-order valence-corrected chi connectivity index (χ4v) is 13.2. The van der Waals surface area contributed by atoms with Gasteiger partial charge in [0.25, 0.3) is 0 Å². The van der Waals surface area contributed by atoms with E-state index in [-0.39, 0.29) is 97.2 Å². The van der Waals surface area contributed by atoms with Gasteiger partial charge < -0.3 is 43.8 Å². The van der Waals surface area contributed by atoms with E-state index in [1.807, 2.05) is 6.07 Å². The molecular weight excluding hydrogens is 937 g/mol. The molecule has 0 spiro atoms. The molecule has 3 aliphatic heterocycles. The van der Waals surface area contributed by atoms with Crippen LogP contribution in [0.5, 0.6) is 5.75 Å². The van der Waals surface area contributed by atoms with Gasteiger partial charge in [0.2, 0.25) is 0 Å². The Kier molecular flexibility index (Phi) is 15.9. The van der Waals surface area contributed by atoms with Crippen LogP contribution in [-0.2, 0) is 49.7 Å². The topological polar surface area (TPSA) is 182 Å². The molecule has 74 heavy (non-hydrogen) atoms. The molecule has 12 heteroatoms. The van der Waals surface area contributed by atoms with E-state index in [0.717, 1.165) is 74.5 Å². The molecule has 0 radical (unpaired) electrons. The summed E-state index contributed by atoms with van der Waals surface area (Å²) in [6.07, 6.45) is 6.38. The van der Waals surface area contributed by atoms with Crippen LogP contribution in [0, 0.1) is 23.7 Å². The maximum Gasteiger partial charge on any atom is 0.340 e. The summed E-state index contributed by atoms with van der Waals surface area (Å²) < 4.78 is 32.9. The Bertz CT molecular complexity index is 3010. The minimum atomic E-state index is -1.37. The van der Waals surface area contributed by atoms with Crippen LogP contribution in [0.25, 0.3) is 11.0 Å². The summed E-state index contributed by atoms with van der Waals surface area (Å²) in [5.74, 6) is 5.28. The Morgan fingerprint density at radius 3 is 2.46 bits per heavy atom. The van der Waals surface area contributed by atoms with Gasteiger partial charge in [0.1, 0.15) is 18.1 Å². The minimum absolute atomic E-state index is 0.00120. The lowest BCUT2D eigenvalue weighted by molar-refractivity contribution is -0.204. The second kappa shape index (κ2) is 22.8. The normalized spacial score (nSPS) is 25.2. The number of benzene rings is 4. The summed E-state index contributed by atoms with van der Waals surface area (Å²) in [4.78, 5) is 45.1. The van der Waals surface area contributed by atoms with Crippen LogP contribution in [0.15, 0.2) is 105 Å². The lowest BCUT2D eigenvalue weighted by Gasteiger charge is -2.51. The molecule has 5 bridgehead atoms. The van der Waals surface area contributed by atoms with Crippen molar-refractivity contribution in [2.75, 3.05) is 26.6 Å². The van der Waals surface area contributed by atoms with Gasteiger partial charge in [-0.1, -0.05) is 104 Å². The fourth-order valence-electron chi connectivity index (χ4n) is 13.2. The quantitative estimate of drug-likeness (QED) is 0.0306. The van der Waals surface area contributed by atoms with Crippen LogP contribution < -0.4 is 10.4 Å². The van der Waals surface area contributed by atoms with Crippen LogP contribution in [0.3, 0.4) is 0 Å². The predicted molar refractivity (Wildman–Crippen MR) is 278 cm³/mol. The number of carbonyl (C=O) groups is 2. The fraction of sp³-hybridized carbons (Fsp3) is 0.468. The van der Waals surface area contributed by atoms with E-state index in [2.05, 4.69) is 78.6 Å². The zero-order chi connectivity index (χ0) is 51.3. The lowest BCUT2D eigenvalue weighted by atomic mass is 9.67.